The molecule has 0 bridgehead atoms. The number of benzene rings is 1. The number of para-hydroxylation sites is 1. The van der Waals surface area contributed by atoms with E-state index in [1.54, 1.807) is 6.20 Å². The van der Waals surface area contributed by atoms with Crippen molar-refractivity contribution in [3.8, 4) is 5.69 Å². The molecule has 1 saturated heterocycles. The zero-order chi connectivity index (χ0) is 15.2. The Bertz CT molecular complexity index is 610. The van der Waals surface area contributed by atoms with Gasteiger partial charge >= 0.3 is 0 Å². The fourth-order valence-electron chi connectivity index (χ4n) is 2.85. The molecule has 22 heavy (non-hydrogen) atoms. The minimum absolute atomic E-state index is 0.582. The summed E-state index contributed by atoms with van der Waals surface area (Å²) in [6.07, 6.45) is 8.74. The largest absolute Gasteiger partial charge is 0.370 e. The van der Waals surface area contributed by atoms with Crippen molar-refractivity contribution in [3.63, 3.8) is 0 Å². The molecular weight excluding hydrogens is 274 g/mol. The highest BCUT2D eigenvalue weighted by Gasteiger charge is 2.11. The van der Waals surface area contributed by atoms with Crippen molar-refractivity contribution in [2.24, 2.45) is 10.7 Å². The van der Waals surface area contributed by atoms with E-state index in [0.717, 1.165) is 24.3 Å². The van der Waals surface area contributed by atoms with Gasteiger partial charge in [-0.25, -0.2) is 9.67 Å². The Kier molecular flexibility index (Phi) is 4.73. The summed E-state index contributed by atoms with van der Waals surface area (Å²) in [5.41, 5.74) is 8.37. The molecule has 2 aromatic rings. The van der Waals surface area contributed by atoms with Crippen molar-refractivity contribution >= 4 is 5.96 Å². The summed E-state index contributed by atoms with van der Waals surface area (Å²) in [4.78, 5) is 6.82. The fraction of sp³-hybridized carbons (Fsp3) is 0.412. The number of hydrogen-bond acceptors (Lipinski definition) is 2. The second kappa shape index (κ2) is 7.11. The summed E-state index contributed by atoms with van der Waals surface area (Å²) >= 11 is 0. The van der Waals surface area contributed by atoms with Gasteiger partial charge in [-0.3, -0.25) is 0 Å². The van der Waals surface area contributed by atoms with Crippen molar-refractivity contribution in [3.05, 3.63) is 48.3 Å². The standard InChI is InChI=1S/C17H23N5/c18-17(21-11-5-1-2-6-12-21)19-14-15-8-3-4-9-16(15)22-13-7-10-20-22/h3-4,7-10,13H,1-2,5-6,11-12,14H2,(H2,18,19). The predicted molar refractivity (Wildman–Crippen MR) is 88.9 cm³/mol. The van der Waals surface area contributed by atoms with Gasteiger partial charge in [0.15, 0.2) is 5.96 Å². The molecule has 5 heteroatoms. The van der Waals surface area contributed by atoms with Gasteiger partial charge in [-0.2, -0.15) is 5.10 Å². The molecule has 2 N–H and O–H groups in total. The molecule has 5 nitrogen and oxygen atoms in total. The zero-order valence-corrected chi connectivity index (χ0v) is 12.9. The highest BCUT2D eigenvalue weighted by Crippen LogP contribution is 2.15. The first-order valence-corrected chi connectivity index (χ1v) is 7.97. The monoisotopic (exact) mass is 297 g/mol. The first kappa shape index (κ1) is 14.6. The molecular formula is C17H23N5. The number of rotatable bonds is 3. The summed E-state index contributed by atoms with van der Waals surface area (Å²) in [7, 11) is 0. The van der Waals surface area contributed by atoms with Crippen LogP contribution in [0.25, 0.3) is 5.69 Å². The van der Waals surface area contributed by atoms with Crippen molar-refractivity contribution in [1.82, 2.24) is 14.7 Å². The van der Waals surface area contributed by atoms with Gasteiger partial charge in [-0.1, -0.05) is 31.0 Å². The summed E-state index contributed by atoms with van der Waals surface area (Å²) < 4.78 is 1.87. The van der Waals surface area contributed by atoms with E-state index >= 15 is 0 Å². The van der Waals surface area contributed by atoms with Gasteiger partial charge in [-0.15, -0.1) is 0 Å². The van der Waals surface area contributed by atoms with Gasteiger partial charge in [0.1, 0.15) is 0 Å². The zero-order valence-electron chi connectivity index (χ0n) is 12.9. The van der Waals surface area contributed by atoms with Crippen LogP contribution in [-0.2, 0) is 6.54 Å². The van der Waals surface area contributed by atoms with E-state index in [1.165, 1.54) is 25.7 Å². The molecule has 116 valence electrons. The third kappa shape index (κ3) is 3.47. The van der Waals surface area contributed by atoms with Crippen LogP contribution in [0, 0.1) is 0 Å². The third-order valence-electron chi connectivity index (χ3n) is 4.08. The van der Waals surface area contributed by atoms with Gasteiger partial charge in [0.25, 0.3) is 0 Å². The molecule has 3 rings (SSSR count). The summed E-state index contributed by atoms with van der Waals surface area (Å²) in [6.45, 7) is 2.63. The number of aromatic nitrogens is 2. The molecule has 0 unspecified atom stereocenters. The number of nitrogens with two attached hydrogens (primary N) is 1. The maximum atomic E-state index is 6.19. The van der Waals surface area contributed by atoms with Crippen LogP contribution in [0.4, 0.5) is 0 Å². The first-order valence-electron chi connectivity index (χ1n) is 7.97. The Hall–Kier alpha value is -2.30. The van der Waals surface area contributed by atoms with E-state index in [1.807, 2.05) is 29.1 Å². The number of hydrogen-bond donors (Lipinski definition) is 1. The van der Waals surface area contributed by atoms with Gasteiger partial charge in [0.2, 0.25) is 0 Å². The molecule has 0 saturated carbocycles. The van der Waals surface area contributed by atoms with Gasteiger partial charge < -0.3 is 10.6 Å². The van der Waals surface area contributed by atoms with E-state index in [9.17, 15) is 0 Å². The van der Waals surface area contributed by atoms with E-state index in [0.29, 0.717) is 12.5 Å². The van der Waals surface area contributed by atoms with Crippen molar-refractivity contribution < 1.29 is 0 Å². The minimum Gasteiger partial charge on any atom is -0.370 e. The van der Waals surface area contributed by atoms with Gasteiger partial charge in [0.05, 0.1) is 12.2 Å². The fourth-order valence-corrected chi connectivity index (χ4v) is 2.85. The summed E-state index contributed by atoms with van der Waals surface area (Å²) in [5, 5.41) is 4.30. The first-order chi connectivity index (χ1) is 10.8. The highest BCUT2D eigenvalue weighted by atomic mass is 15.3. The predicted octanol–water partition coefficient (Wildman–Crippen LogP) is 2.56. The van der Waals surface area contributed by atoms with Crippen molar-refractivity contribution in [1.29, 1.82) is 0 Å². The van der Waals surface area contributed by atoms with Crippen LogP contribution in [0.2, 0.25) is 0 Å². The lowest BCUT2D eigenvalue weighted by atomic mass is 10.2. The molecule has 2 heterocycles. The second-order valence-electron chi connectivity index (χ2n) is 5.66. The summed E-state index contributed by atoms with van der Waals surface area (Å²) in [6, 6.07) is 10.1. The van der Waals surface area contributed by atoms with Crippen LogP contribution in [0.1, 0.15) is 31.2 Å². The van der Waals surface area contributed by atoms with E-state index in [-0.39, 0.29) is 0 Å². The average Bonchev–Trinajstić information content (AvgIpc) is 2.95. The number of aliphatic imine (C=N–C) groups is 1. The van der Waals surface area contributed by atoms with Crippen molar-refractivity contribution in [2.75, 3.05) is 13.1 Å². The molecule has 1 aromatic heterocycles. The van der Waals surface area contributed by atoms with E-state index in [2.05, 4.69) is 27.1 Å². The lowest BCUT2D eigenvalue weighted by molar-refractivity contribution is 0.428. The lowest BCUT2D eigenvalue weighted by Gasteiger charge is -2.21. The molecule has 1 aliphatic rings. The highest BCUT2D eigenvalue weighted by molar-refractivity contribution is 5.78. The number of guanidine groups is 1. The number of likely N-dealkylation sites (tertiary alicyclic amines) is 1. The van der Waals surface area contributed by atoms with Crippen LogP contribution < -0.4 is 5.73 Å². The molecule has 1 aliphatic heterocycles. The quantitative estimate of drug-likeness (QED) is 0.699. The Morgan fingerprint density at radius 2 is 1.86 bits per heavy atom. The van der Waals surface area contributed by atoms with Crippen LogP contribution >= 0.6 is 0 Å². The van der Waals surface area contributed by atoms with E-state index < -0.39 is 0 Å². The van der Waals surface area contributed by atoms with Crippen molar-refractivity contribution in [2.45, 2.75) is 32.2 Å². The maximum absolute atomic E-state index is 6.19. The maximum Gasteiger partial charge on any atom is 0.191 e. The van der Waals surface area contributed by atoms with Gasteiger partial charge in [-0.05, 0) is 30.5 Å². The summed E-state index contributed by atoms with van der Waals surface area (Å²) in [5.74, 6) is 0.664. The third-order valence-corrected chi connectivity index (χ3v) is 4.08. The van der Waals surface area contributed by atoms with E-state index in [4.69, 9.17) is 5.73 Å². The SMILES string of the molecule is NC(=NCc1ccccc1-n1cccn1)N1CCCCCC1. The normalized spacial score (nSPS) is 16.5. The smallest absolute Gasteiger partial charge is 0.191 e. The molecule has 0 spiro atoms. The lowest BCUT2D eigenvalue weighted by Crippen LogP contribution is -2.38. The Morgan fingerprint density at radius 1 is 1.09 bits per heavy atom. The van der Waals surface area contributed by atoms with Crippen LogP contribution in [0.15, 0.2) is 47.7 Å². The topological polar surface area (TPSA) is 59.4 Å². The van der Waals surface area contributed by atoms with Crippen LogP contribution in [0.5, 0.6) is 0 Å². The van der Waals surface area contributed by atoms with Crippen LogP contribution in [-0.4, -0.2) is 33.7 Å². The Labute approximate surface area is 131 Å². The second-order valence-corrected chi connectivity index (χ2v) is 5.66. The molecule has 1 fully saturated rings. The molecule has 0 amide bonds. The number of nitrogens with zero attached hydrogens (tertiary/aromatic N) is 4. The van der Waals surface area contributed by atoms with Crippen LogP contribution in [0.3, 0.4) is 0 Å². The van der Waals surface area contributed by atoms with Gasteiger partial charge in [0, 0.05) is 25.5 Å². The molecule has 1 aromatic carbocycles. The molecule has 0 atom stereocenters. The Balaban J connectivity index is 1.74. The average molecular weight is 297 g/mol. The molecule has 0 aliphatic carbocycles. The Morgan fingerprint density at radius 3 is 2.59 bits per heavy atom. The minimum atomic E-state index is 0.582. The molecule has 0 radical (unpaired) electrons.